The second-order valence-electron chi connectivity index (χ2n) is 8.67. The molecule has 3 aromatic rings. The van der Waals surface area contributed by atoms with Gasteiger partial charge >= 0.3 is 11.9 Å². The van der Waals surface area contributed by atoms with E-state index in [1.807, 2.05) is 79.7 Å². The maximum atomic E-state index is 13.2. The lowest BCUT2D eigenvalue weighted by atomic mass is 9.94. The number of nitrogens with zero attached hydrogens (tertiary/aromatic N) is 4. The fraction of sp³-hybridized carbons (Fsp3) is 0.250. The standard InChI is InChI=1S/C28H27N4O4/c1-2-3-17-31-27(33)23-11-7-8-12-24(23)32(28(31)34)18-25-29-26(30-36-25)21-13-15-22(16-14-21)35-19-20-9-5-4-6-10-20/h4-16,23H,2-3,17-19H2,1H3/q+1. The van der Waals surface area contributed by atoms with Crippen molar-refractivity contribution < 1.29 is 23.4 Å². The zero-order chi connectivity index (χ0) is 24.9. The molecule has 36 heavy (non-hydrogen) atoms. The van der Waals surface area contributed by atoms with Crippen LogP contribution < -0.4 is 4.74 Å². The number of amides is 3. The van der Waals surface area contributed by atoms with E-state index in [1.165, 1.54) is 4.90 Å². The smallest absolute Gasteiger partial charge is 0.489 e. The number of hydrogen-bond donors (Lipinski definition) is 0. The highest BCUT2D eigenvalue weighted by molar-refractivity contribution is 6.16. The number of unbranched alkanes of at least 4 members (excludes halogenated alkanes) is 1. The molecule has 5 rings (SSSR count). The molecule has 0 fully saturated rings. The molecule has 1 aliphatic heterocycles. The summed E-state index contributed by atoms with van der Waals surface area (Å²) < 4.78 is 12.9. The van der Waals surface area contributed by atoms with Gasteiger partial charge in [0.25, 0.3) is 5.89 Å². The van der Waals surface area contributed by atoms with Crippen molar-refractivity contribution in [3.8, 4) is 17.1 Å². The largest absolute Gasteiger partial charge is 0.501 e. The Balaban J connectivity index is 1.31. The van der Waals surface area contributed by atoms with Gasteiger partial charge in [-0.05, 0) is 42.3 Å². The number of allylic oxidation sites excluding steroid dienone is 3. The number of imide groups is 1. The van der Waals surface area contributed by atoms with Crippen LogP contribution in [0.1, 0.15) is 31.2 Å². The van der Waals surface area contributed by atoms with Gasteiger partial charge in [-0.3, -0.25) is 0 Å². The molecule has 182 valence electrons. The van der Waals surface area contributed by atoms with Gasteiger partial charge in [-0.1, -0.05) is 67.1 Å². The first-order chi connectivity index (χ1) is 17.6. The van der Waals surface area contributed by atoms with Gasteiger partial charge in [-0.25, -0.2) is 4.79 Å². The highest BCUT2D eigenvalue weighted by Crippen LogP contribution is 2.23. The number of urea groups is 1. The Kier molecular flexibility index (Phi) is 6.84. The van der Waals surface area contributed by atoms with Crippen molar-refractivity contribution in [2.45, 2.75) is 32.9 Å². The first-order valence-electron chi connectivity index (χ1n) is 12.1. The molecule has 1 atom stereocenters. The van der Waals surface area contributed by atoms with Crippen LogP contribution in [-0.2, 0) is 17.9 Å². The predicted molar refractivity (Wildman–Crippen MR) is 133 cm³/mol. The minimum atomic E-state index is -0.490. The zero-order valence-electron chi connectivity index (χ0n) is 20.0. The van der Waals surface area contributed by atoms with Crippen molar-refractivity contribution in [3.05, 3.63) is 90.4 Å². The highest BCUT2D eigenvalue weighted by atomic mass is 16.5. The summed E-state index contributed by atoms with van der Waals surface area (Å²) in [5.74, 6) is 0.767. The average Bonchev–Trinajstić information content (AvgIpc) is 3.39. The third kappa shape index (κ3) is 4.88. The summed E-state index contributed by atoms with van der Waals surface area (Å²) in [7, 11) is 0. The van der Waals surface area contributed by atoms with Crippen molar-refractivity contribution in [2.24, 2.45) is 5.92 Å². The van der Waals surface area contributed by atoms with E-state index in [9.17, 15) is 9.59 Å². The molecule has 0 saturated carbocycles. The fourth-order valence-electron chi connectivity index (χ4n) is 4.21. The van der Waals surface area contributed by atoms with Crippen LogP contribution in [0.25, 0.3) is 11.4 Å². The third-order valence-electron chi connectivity index (χ3n) is 6.16. The lowest BCUT2D eigenvalue weighted by Gasteiger charge is -2.26. The lowest BCUT2D eigenvalue weighted by Crippen LogP contribution is -2.54. The van der Waals surface area contributed by atoms with Gasteiger partial charge in [0.05, 0.1) is 6.54 Å². The number of rotatable bonds is 9. The summed E-state index contributed by atoms with van der Waals surface area (Å²) in [5.41, 5.74) is 2.49. The Morgan fingerprint density at radius 2 is 1.86 bits per heavy atom. The summed E-state index contributed by atoms with van der Waals surface area (Å²) in [5, 5.41) is 4.10. The first kappa shape index (κ1) is 23.4. The van der Waals surface area contributed by atoms with E-state index < -0.39 is 5.92 Å². The van der Waals surface area contributed by atoms with E-state index >= 15 is 0 Å². The molecule has 0 saturated heterocycles. The van der Waals surface area contributed by atoms with Crippen molar-refractivity contribution in [1.29, 1.82) is 0 Å². The van der Waals surface area contributed by atoms with Gasteiger partial charge in [0, 0.05) is 5.56 Å². The molecule has 3 amide bonds. The van der Waals surface area contributed by atoms with Crippen LogP contribution in [-0.4, -0.2) is 43.8 Å². The monoisotopic (exact) mass is 483 g/mol. The van der Waals surface area contributed by atoms with Crippen LogP contribution in [0.15, 0.2) is 83.4 Å². The summed E-state index contributed by atoms with van der Waals surface area (Å²) in [6.45, 7) is 2.99. The lowest BCUT2D eigenvalue weighted by molar-refractivity contribution is -0.460. The van der Waals surface area contributed by atoms with E-state index in [0.717, 1.165) is 29.7 Å². The summed E-state index contributed by atoms with van der Waals surface area (Å²) in [4.78, 5) is 32.0. The van der Waals surface area contributed by atoms with Crippen LogP contribution >= 0.6 is 0 Å². The van der Waals surface area contributed by atoms with Crippen LogP contribution in [0.3, 0.4) is 0 Å². The SMILES string of the molecule is CCCCN1C(=O)C2C=CC=CC2=[N+](Cc2nc(-c3ccc(OCc4ccccc4)cc3)no2)C1=O. The maximum absolute atomic E-state index is 13.2. The molecule has 8 nitrogen and oxygen atoms in total. The van der Waals surface area contributed by atoms with Gasteiger partial charge in [0.1, 0.15) is 24.0 Å². The van der Waals surface area contributed by atoms with Gasteiger partial charge in [-0.2, -0.15) is 19.3 Å². The van der Waals surface area contributed by atoms with Crippen LogP contribution in [0, 0.1) is 5.92 Å². The van der Waals surface area contributed by atoms with Crippen molar-refractivity contribution >= 4 is 17.6 Å². The molecular formula is C28H27N4O4+. The molecule has 0 bridgehead atoms. The molecule has 2 heterocycles. The average molecular weight is 484 g/mol. The van der Waals surface area contributed by atoms with Crippen molar-refractivity contribution in [2.75, 3.05) is 6.54 Å². The van der Waals surface area contributed by atoms with Crippen molar-refractivity contribution in [3.63, 3.8) is 0 Å². The normalized spacial score (nSPS) is 17.0. The minimum Gasteiger partial charge on any atom is -0.489 e. The maximum Gasteiger partial charge on any atom is 0.501 e. The van der Waals surface area contributed by atoms with Gasteiger partial charge < -0.3 is 9.26 Å². The summed E-state index contributed by atoms with van der Waals surface area (Å²) in [6.07, 6.45) is 8.90. The second kappa shape index (κ2) is 10.5. The Labute approximate surface area is 209 Å². The number of hydrogen-bond acceptors (Lipinski definition) is 6. The number of carbonyl (C=O) groups excluding carboxylic acids is 2. The van der Waals surface area contributed by atoms with E-state index in [4.69, 9.17) is 9.26 Å². The molecule has 2 aromatic carbocycles. The zero-order valence-corrected chi connectivity index (χ0v) is 20.0. The van der Waals surface area contributed by atoms with Gasteiger partial charge in [0.15, 0.2) is 6.54 Å². The number of fused-ring (bicyclic) bond motifs is 1. The van der Waals surface area contributed by atoms with E-state index in [-0.39, 0.29) is 18.5 Å². The van der Waals surface area contributed by atoms with E-state index in [0.29, 0.717) is 30.6 Å². The quantitative estimate of drug-likeness (QED) is 0.407. The van der Waals surface area contributed by atoms with E-state index in [1.54, 1.807) is 10.7 Å². The molecular weight excluding hydrogens is 456 g/mol. The molecule has 8 heteroatoms. The minimum absolute atomic E-state index is 0.0873. The molecule has 1 aliphatic carbocycles. The third-order valence-corrected chi connectivity index (χ3v) is 6.16. The Bertz CT molecular complexity index is 1340. The van der Waals surface area contributed by atoms with E-state index in [2.05, 4.69) is 10.1 Å². The fourth-order valence-corrected chi connectivity index (χ4v) is 4.21. The summed E-state index contributed by atoms with van der Waals surface area (Å²) in [6, 6.07) is 17.1. The van der Waals surface area contributed by atoms with Crippen LogP contribution in [0.2, 0.25) is 0 Å². The highest BCUT2D eigenvalue weighted by Gasteiger charge is 2.46. The molecule has 0 radical (unpaired) electrons. The van der Waals surface area contributed by atoms with Crippen molar-refractivity contribution in [1.82, 2.24) is 15.0 Å². The number of aromatic nitrogens is 2. The molecule has 2 aliphatic rings. The molecule has 1 unspecified atom stereocenters. The Hall–Kier alpha value is -4.33. The van der Waals surface area contributed by atoms with Crippen LogP contribution in [0.4, 0.5) is 4.79 Å². The Morgan fingerprint density at radius 3 is 2.64 bits per heavy atom. The van der Waals surface area contributed by atoms with Crippen LogP contribution in [0.5, 0.6) is 5.75 Å². The first-order valence-corrected chi connectivity index (χ1v) is 12.1. The number of carbonyl (C=O) groups is 2. The summed E-state index contributed by atoms with van der Waals surface area (Å²) >= 11 is 0. The molecule has 0 N–H and O–H groups in total. The predicted octanol–water partition coefficient (Wildman–Crippen LogP) is 4.77. The number of ether oxygens (including phenoxy) is 1. The molecule has 0 spiro atoms. The topological polar surface area (TPSA) is 88.5 Å². The van der Waals surface area contributed by atoms with Gasteiger partial charge in [-0.15, -0.1) is 0 Å². The van der Waals surface area contributed by atoms with Gasteiger partial charge in [0.2, 0.25) is 5.82 Å². The number of benzene rings is 2. The molecule has 1 aromatic heterocycles. The second-order valence-corrected chi connectivity index (χ2v) is 8.67. The Morgan fingerprint density at radius 1 is 1.06 bits per heavy atom.